The fourth-order valence-corrected chi connectivity index (χ4v) is 1.45. The number of hydrogen-bond acceptors (Lipinski definition) is 2. The predicted molar refractivity (Wildman–Crippen MR) is 53.4 cm³/mol. The molecular formula is C9H10BrNO2. The number of halogens is 1. The number of rotatable bonds is 3. The van der Waals surface area contributed by atoms with E-state index in [0.717, 1.165) is 10.0 Å². The molecule has 70 valence electrons. The van der Waals surface area contributed by atoms with Crippen molar-refractivity contribution in [3.05, 3.63) is 34.3 Å². The van der Waals surface area contributed by atoms with Crippen LogP contribution in [0.3, 0.4) is 0 Å². The Bertz CT molecular complexity index is 301. The summed E-state index contributed by atoms with van der Waals surface area (Å²) in [6, 6.07) is 7.78. The first kappa shape index (κ1) is 10.1. The molecule has 1 amide bonds. The average Bonchev–Trinajstić information content (AvgIpc) is 2.08. The van der Waals surface area contributed by atoms with Crippen molar-refractivity contribution in [3.63, 3.8) is 0 Å². The van der Waals surface area contributed by atoms with Crippen LogP contribution in [-0.4, -0.2) is 12.7 Å². The van der Waals surface area contributed by atoms with Gasteiger partial charge in [0.2, 0.25) is 0 Å². The molecule has 2 N–H and O–H groups in total. The van der Waals surface area contributed by atoms with E-state index in [0.29, 0.717) is 13.0 Å². The highest BCUT2D eigenvalue weighted by Crippen LogP contribution is 2.15. The third-order valence-corrected chi connectivity index (χ3v) is 2.35. The Morgan fingerprint density at radius 3 is 2.77 bits per heavy atom. The largest absolute Gasteiger partial charge is 0.449 e. The fourth-order valence-electron chi connectivity index (χ4n) is 0.963. The van der Waals surface area contributed by atoms with Crippen LogP contribution in [0.15, 0.2) is 28.7 Å². The number of carbonyl (C=O) groups is 1. The van der Waals surface area contributed by atoms with Crippen molar-refractivity contribution in [1.29, 1.82) is 0 Å². The molecule has 0 radical (unpaired) electrons. The van der Waals surface area contributed by atoms with Crippen LogP contribution in [0, 0.1) is 0 Å². The van der Waals surface area contributed by atoms with Crippen LogP contribution < -0.4 is 5.73 Å². The summed E-state index contributed by atoms with van der Waals surface area (Å²) in [4.78, 5) is 10.3. The summed E-state index contributed by atoms with van der Waals surface area (Å²) in [5.41, 5.74) is 5.92. The molecule has 0 unspecified atom stereocenters. The molecule has 0 heterocycles. The van der Waals surface area contributed by atoms with Crippen molar-refractivity contribution in [3.8, 4) is 0 Å². The molecule has 0 bridgehead atoms. The van der Waals surface area contributed by atoms with Crippen LogP contribution in [0.1, 0.15) is 5.56 Å². The molecule has 0 spiro atoms. The molecule has 0 saturated heterocycles. The van der Waals surface area contributed by atoms with Crippen LogP contribution >= 0.6 is 15.9 Å². The average molecular weight is 244 g/mol. The lowest BCUT2D eigenvalue weighted by atomic mass is 10.2. The Morgan fingerprint density at radius 1 is 1.46 bits per heavy atom. The summed E-state index contributed by atoms with van der Waals surface area (Å²) in [5, 5.41) is 0. The lowest BCUT2D eigenvalue weighted by molar-refractivity contribution is 0.158. The lowest BCUT2D eigenvalue weighted by Crippen LogP contribution is -2.14. The van der Waals surface area contributed by atoms with Crippen LogP contribution in [0.4, 0.5) is 4.79 Å². The van der Waals surface area contributed by atoms with Crippen molar-refractivity contribution in [1.82, 2.24) is 0 Å². The molecule has 1 rings (SSSR count). The maximum Gasteiger partial charge on any atom is 0.404 e. The van der Waals surface area contributed by atoms with Crippen molar-refractivity contribution in [2.45, 2.75) is 6.42 Å². The van der Waals surface area contributed by atoms with Gasteiger partial charge in [0.25, 0.3) is 0 Å². The zero-order valence-electron chi connectivity index (χ0n) is 7.00. The van der Waals surface area contributed by atoms with E-state index in [9.17, 15) is 4.79 Å². The van der Waals surface area contributed by atoms with Gasteiger partial charge in [-0.2, -0.15) is 0 Å². The number of nitrogens with two attached hydrogens (primary N) is 1. The smallest absolute Gasteiger partial charge is 0.404 e. The summed E-state index contributed by atoms with van der Waals surface area (Å²) >= 11 is 3.39. The van der Waals surface area contributed by atoms with Crippen LogP contribution in [-0.2, 0) is 11.2 Å². The number of carbonyl (C=O) groups excluding carboxylic acids is 1. The van der Waals surface area contributed by atoms with Gasteiger partial charge in [-0.25, -0.2) is 4.79 Å². The van der Waals surface area contributed by atoms with E-state index >= 15 is 0 Å². The van der Waals surface area contributed by atoms with Crippen molar-refractivity contribution >= 4 is 22.0 Å². The summed E-state index contributed by atoms with van der Waals surface area (Å²) in [6.45, 7) is 0.317. The minimum atomic E-state index is -0.730. The first-order chi connectivity index (χ1) is 6.20. The standard InChI is InChI=1S/C9H10BrNO2/c10-8-4-2-1-3-7(8)5-6-13-9(11)12/h1-4H,5-6H2,(H2,11,12). The monoisotopic (exact) mass is 243 g/mol. The number of ether oxygens (including phenoxy) is 1. The third-order valence-electron chi connectivity index (χ3n) is 1.57. The SMILES string of the molecule is NC(=O)OCCc1ccccc1Br. The molecule has 0 saturated carbocycles. The van der Waals surface area contributed by atoms with Crippen molar-refractivity contribution in [2.75, 3.05) is 6.61 Å². The molecule has 4 heteroatoms. The number of benzene rings is 1. The highest BCUT2D eigenvalue weighted by molar-refractivity contribution is 9.10. The maximum atomic E-state index is 10.3. The van der Waals surface area contributed by atoms with Crippen molar-refractivity contribution in [2.24, 2.45) is 5.73 Å². The topological polar surface area (TPSA) is 52.3 Å². The van der Waals surface area contributed by atoms with Gasteiger partial charge >= 0.3 is 6.09 Å². The Kier molecular flexibility index (Phi) is 3.76. The molecule has 0 fully saturated rings. The van der Waals surface area contributed by atoms with E-state index in [1.54, 1.807) is 0 Å². The molecule has 0 atom stereocenters. The second-order valence-corrected chi connectivity index (χ2v) is 3.36. The van der Waals surface area contributed by atoms with E-state index in [2.05, 4.69) is 20.7 Å². The fraction of sp³-hybridized carbons (Fsp3) is 0.222. The van der Waals surface area contributed by atoms with E-state index in [-0.39, 0.29) is 0 Å². The normalized spacial score (nSPS) is 9.62. The molecule has 0 aliphatic rings. The second-order valence-electron chi connectivity index (χ2n) is 2.51. The number of primary amides is 1. The predicted octanol–water partition coefficient (Wildman–Crippen LogP) is 2.09. The molecule has 0 aliphatic heterocycles. The van der Waals surface area contributed by atoms with Gasteiger partial charge in [-0.15, -0.1) is 0 Å². The van der Waals surface area contributed by atoms with Gasteiger partial charge in [-0.3, -0.25) is 0 Å². The van der Waals surface area contributed by atoms with Gasteiger partial charge in [-0.05, 0) is 11.6 Å². The van der Waals surface area contributed by atoms with Gasteiger partial charge in [0, 0.05) is 10.9 Å². The molecule has 1 aromatic rings. The van der Waals surface area contributed by atoms with E-state index < -0.39 is 6.09 Å². The van der Waals surface area contributed by atoms with Crippen molar-refractivity contribution < 1.29 is 9.53 Å². The summed E-state index contributed by atoms with van der Waals surface area (Å²) < 4.78 is 5.64. The van der Waals surface area contributed by atoms with E-state index in [4.69, 9.17) is 5.73 Å². The van der Waals surface area contributed by atoms with Gasteiger partial charge in [0.05, 0.1) is 6.61 Å². The third kappa shape index (κ3) is 3.46. The molecule has 3 nitrogen and oxygen atoms in total. The first-order valence-electron chi connectivity index (χ1n) is 3.86. The van der Waals surface area contributed by atoms with Gasteiger partial charge in [0.1, 0.15) is 0 Å². The summed E-state index contributed by atoms with van der Waals surface area (Å²) in [7, 11) is 0. The summed E-state index contributed by atoms with van der Waals surface area (Å²) in [5.74, 6) is 0. The Hall–Kier alpha value is -1.03. The summed E-state index contributed by atoms with van der Waals surface area (Å²) in [6.07, 6.45) is -0.0586. The molecule has 1 aromatic carbocycles. The van der Waals surface area contributed by atoms with Crippen LogP contribution in [0.5, 0.6) is 0 Å². The minimum Gasteiger partial charge on any atom is -0.449 e. The number of hydrogen-bond donors (Lipinski definition) is 1. The van der Waals surface area contributed by atoms with E-state index in [1.165, 1.54) is 0 Å². The Labute approximate surface area is 85.0 Å². The van der Waals surface area contributed by atoms with Gasteiger partial charge < -0.3 is 10.5 Å². The van der Waals surface area contributed by atoms with Crippen LogP contribution in [0.2, 0.25) is 0 Å². The Balaban J connectivity index is 2.45. The van der Waals surface area contributed by atoms with Gasteiger partial charge in [-0.1, -0.05) is 34.1 Å². The minimum absolute atomic E-state index is 0.317. The molecule has 13 heavy (non-hydrogen) atoms. The zero-order valence-corrected chi connectivity index (χ0v) is 8.58. The Morgan fingerprint density at radius 2 is 2.15 bits per heavy atom. The quantitative estimate of drug-likeness (QED) is 0.884. The first-order valence-corrected chi connectivity index (χ1v) is 4.65. The lowest BCUT2D eigenvalue weighted by Gasteiger charge is -2.03. The zero-order chi connectivity index (χ0) is 9.68. The van der Waals surface area contributed by atoms with Gasteiger partial charge in [0.15, 0.2) is 0 Å². The highest BCUT2D eigenvalue weighted by atomic mass is 79.9. The molecule has 0 aromatic heterocycles. The molecule has 0 aliphatic carbocycles. The molecular weight excluding hydrogens is 234 g/mol. The number of amides is 1. The van der Waals surface area contributed by atoms with E-state index in [1.807, 2.05) is 24.3 Å². The second kappa shape index (κ2) is 4.87. The maximum absolute atomic E-state index is 10.3. The van der Waals surface area contributed by atoms with Crippen LogP contribution in [0.25, 0.3) is 0 Å². The highest BCUT2D eigenvalue weighted by Gasteiger charge is 1.99.